The minimum Gasteiger partial charge on any atom is -0.493 e. The summed E-state index contributed by atoms with van der Waals surface area (Å²) < 4.78 is 32.4. The number of carbonyl (C=O) groups excluding carboxylic acids is 1. The van der Waals surface area contributed by atoms with Crippen LogP contribution < -0.4 is 24.4 Å². The molecule has 0 N–H and O–H groups in total. The van der Waals surface area contributed by atoms with Crippen LogP contribution in [0.1, 0.15) is 13.3 Å². The Balaban J connectivity index is 2.04. The summed E-state index contributed by atoms with van der Waals surface area (Å²) in [5.41, 5.74) is 0.696. The standard InChI is InChI=1S/C23H24O8/c1-6-17(23(25)29-5)30-14-7-8-18-15(11-14)16(24)12-19(31-18)13-9-20(26-2)22(28-4)21(10-13)27-3/h7-12,17H,6H2,1-5H3. The molecule has 1 unspecified atom stereocenters. The molecule has 0 amide bonds. The van der Waals surface area contributed by atoms with Gasteiger partial charge in [0.15, 0.2) is 23.0 Å². The number of hydrogen-bond donors (Lipinski definition) is 0. The lowest BCUT2D eigenvalue weighted by Gasteiger charge is -2.15. The number of fused-ring (bicyclic) bond motifs is 1. The summed E-state index contributed by atoms with van der Waals surface area (Å²) in [4.78, 5) is 24.6. The first-order valence-electron chi connectivity index (χ1n) is 9.58. The second kappa shape index (κ2) is 9.42. The summed E-state index contributed by atoms with van der Waals surface area (Å²) >= 11 is 0. The van der Waals surface area contributed by atoms with Gasteiger partial charge in [-0.25, -0.2) is 4.79 Å². The van der Waals surface area contributed by atoms with Crippen molar-refractivity contribution in [3.63, 3.8) is 0 Å². The number of methoxy groups -OCH3 is 4. The summed E-state index contributed by atoms with van der Waals surface area (Å²) in [6.07, 6.45) is -0.327. The van der Waals surface area contributed by atoms with E-state index >= 15 is 0 Å². The van der Waals surface area contributed by atoms with Crippen LogP contribution in [0.5, 0.6) is 23.0 Å². The molecular weight excluding hydrogens is 404 g/mol. The average Bonchev–Trinajstić information content (AvgIpc) is 2.80. The molecule has 8 nitrogen and oxygen atoms in total. The van der Waals surface area contributed by atoms with E-state index in [1.54, 1.807) is 37.3 Å². The topological polar surface area (TPSA) is 93.4 Å². The third kappa shape index (κ3) is 4.42. The summed E-state index contributed by atoms with van der Waals surface area (Å²) in [5.74, 6) is 1.56. The van der Waals surface area contributed by atoms with Gasteiger partial charge in [0.25, 0.3) is 0 Å². The molecule has 1 atom stereocenters. The molecule has 0 aliphatic rings. The maximum atomic E-state index is 12.8. The van der Waals surface area contributed by atoms with Gasteiger partial charge in [0.1, 0.15) is 17.1 Å². The van der Waals surface area contributed by atoms with E-state index in [0.717, 1.165) is 0 Å². The van der Waals surface area contributed by atoms with Gasteiger partial charge in [-0.2, -0.15) is 0 Å². The van der Waals surface area contributed by atoms with E-state index in [9.17, 15) is 9.59 Å². The normalized spacial score (nSPS) is 11.6. The molecule has 1 aromatic heterocycles. The van der Waals surface area contributed by atoms with Crippen molar-refractivity contribution in [2.24, 2.45) is 0 Å². The van der Waals surface area contributed by atoms with E-state index in [4.69, 9.17) is 28.1 Å². The van der Waals surface area contributed by atoms with E-state index in [0.29, 0.717) is 51.7 Å². The Bertz CT molecular complexity index is 1120. The lowest BCUT2D eigenvalue weighted by atomic mass is 10.1. The van der Waals surface area contributed by atoms with Gasteiger partial charge in [-0.1, -0.05) is 6.92 Å². The minimum absolute atomic E-state index is 0.262. The lowest BCUT2D eigenvalue weighted by Crippen LogP contribution is -2.27. The number of esters is 1. The van der Waals surface area contributed by atoms with Crippen molar-refractivity contribution in [1.82, 2.24) is 0 Å². The van der Waals surface area contributed by atoms with E-state index < -0.39 is 12.1 Å². The van der Waals surface area contributed by atoms with Crippen molar-refractivity contribution in [3.8, 4) is 34.3 Å². The van der Waals surface area contributed by atoms with Crippen LogP contribution in [-0.4, -0.2) is 40.5 Å². The van der Waals surface area contributed by atoms with Crippen LogP contribution >= 0.6 is 0 Å². The minimum atomic E-state index is -0.756. The van der Waals surface area contributed by atoms with E-state index in [-0.39, 0.29) is 5.43 Å². The maximum Gasteiger partial charge on any atom is 0.347 e. The zero-order valence-electron chi connectivity index (χ0n) is 18.0. The van der Waals surface area contributed by atoms with Gasteiger partial charge >= 0.3 is 5.97 Å². The number of ether oxygens (including phenoxy) is 5. The van der Waals surface area contributed by atoms with Crippen LogP contribution in [0.2, 0.25) is 0 Å². The first-order chi connectivity index (χ1) is 14.9. The zero-order chi connectivity index (χ0) is 22.5. The SMILES string of the molecule is CCC(Oc1ccc2oc(-c3cc(OC)c(OC)c(OC)c3)cc(=O)c2c1)C(=O)OC. The predicted octanol–water partition coefficient (Wildman–Crippen LogP) is 3.82. The molecule has 0 saturated carbocycles. The molecule has 0 spiro atoms. The van der Waals surface area contributed by atoms with Crippen LogP contribution in [-0.2, 0) is 9.53 Å². The van der Waals surface area contributed by atoms with Crippen molar-refractivity contribution < 1.29 is 32.9 Å². The second-order valence-corrected chi connectivity index (χ2v) is 6.58. The molecule has 0 radical (unpaired) electrons. The molecule has 2 aromatic carbocycles. The first-order valence-corrected chi connectivity index (χ1v) is 9.58. The van der Waals surface area contributed by atoms with Crippen LogP contribution in [0.3, 0.4) is 0 Å². The smallest absolute Gasteiger partial charge is 0.347 e. The van der Waals surface area contributed by atoms with Gasteiger partial charge < -0.3 is 28.1 Å². The molecule has 0 bridgehead atoms. The molecule has 31 heavy (non-hydrogen) atoms. The number of benzene rings is 2. The van der Waals surface area contributed by atoms with Crippen LogP contribution in [0.15, 0.2) is 45.6 Å². The molecular formula is C23H24O8. The molecule has 3 aromatic rings. The van der Waals surface area contributed by atoms with Crippen molar-refractivity contribution in [2.45, 2.75) is 19.4 Å². The van der Waals surface area contributed by atoms with Gasteiger partial charge in [-0.05, 0) is 36.8 Å². The highest BCUT2D eigenvalue weighted by atomic mass is 16.6. The predicted molar refractivity (Wildman–Crippen MR) is 114 cm³/mol. The van der Waals surface area contributed by atoms with Crippen LogP contribution in [0.25, 0.3) is 22.3 Å². The fraction of sp³-hybridized carbons (Fsp3) is 0.304. The van der Waals surface area contributed by atoms with E-state index in [1.165, 1.54) is 34.5 Å². The first kappa shape index (κ1) is 22.0. The summed E-state index contributed by atoms with van der Waals surface area (Å²) in [6, 6.07) is 9.58. The maximum absolute atomic E-state index is 12.8. The van der Waals surface area contributed by atoms with E-state index in [2.05, 4.69) is 0 Å². The van der Waals surface area contributed by atoms with Crippen molar-refractivity contribution in [2.75, 3.05) is 28.4 Å². The molecule has 0 aliphatic heterocycles. The number of hydrogen-bond acceptors (Lipinski definition) is 8. The Morgan fingerprint density at radius 3 is 2.19 bits per heavy atom. The second-order valence-electron chi connectivity index (χ2n) is 6.58. The van der Waals surface area contributed by atoms with Gasteiger partial charge in [0.2, 0.25) is 5.75 Å². The molecule has 164 valence electrons. The molecule has 0 fully saturated rings. The highest BCUT2D eigenvalue weighted by molar-refractivity contribution is 5.81. The third-order valence-electron chi connectivity index (χ3n) is 4.76. The molecule has 0 aliphatic carbocycles. The van der Waals surface area contributed by atoms with Gasteiger partial charge in [0, 0.05) is 11.6 Å². The monoisotopic (exact) mass is 428 g/mol. The number of carbonyl (C=O) groups is 1. The quantitative estimate of drug-likeness (QED) is 0.500. The Morgan fingerprint density at radius 2 is 1.65 bits per heavy atom. The van der Waals surface area contributed by atoms with Crippen molar-refractivity contribution in [3.05, 3.63) is 46.6 Å². The van der Waals surface area contributed by atoms with Crippen molar-refractivity contribution >= 4 is 16.9 Å². The van der Waals surface area contributed by atoms with Gasteiger partial charge in [0.05, 0.1) is 33.8 Å². The largest absolute Gasteiger partial charge is 0.493 e. The summed E-state index contributed by atoms with van der Waals surface area (Å²) in [7, 11) is 5.83. The zero-order valence-corrected chi connectivity index (χ0v) is 18.0. The summed E-state index contributed by atoms with van der Waals surface area (Å²) in [5, 5.41) is 0.327. The molecule has 0 saturated heterocycles. The van der Waals surface area contributed by atoms with Gasteiger partial charge in [-0.3, -0.25) is 4.79 Å². The fourth-order valence-electron chi connectivity index (χ4n) is 3.17. The highest BCUT2D eigenvalue weighted by Gasteiger charge is 2.20. The lowest BCUT2D eigenvalue weighted by molar-refractivity contribution is -0.148. The number of rotatable bonds is 8. The average molecular weight is 428 g/mol. The van der Waals surface area contributed by atoms with Crippen LogP contribution in [0, 0.1) is 0 Å². The fourth-order valence-corrected chi connectivity index (χ4v) is 3.17. The Labute approximate surface area is 179 Å². The molecule has 8 heteroatoms. The molecule has 1 heterocycles. The van der Waals surface area contributed by atoms with Crippen LogP contribution in [0.4, 0.5) is 0 Å². The Kier molecular flexibility index (Phi) is 6.69. The van der Waals surface area contributed by atoms with Crippen molar-refractivity contribution in [1.29, 1.82) is 0 Å². The third-order valence-corrected chi connectivity index (χ3v) is 4.76. The summed E-state index contributed by atoms with van der Waals surface area (Å²) in [6.45, 7) is 1.81. The molecule has 3 rings (SSSR count). The van der Waals surface area contributed by atoms with Gasteiger partial charge in [-0.15, -0.1) is 0 Å². The van der Waals surface area contributed by atoms with E-state index in [1.807, 2.05) is 0 Å². The Morgan fingerprint density at radius 1 is 0.968 bits per heavy atom. The Hall–Kier alpha value is -3.68. The highest BCUT2D eigenvalue weighted by Crippen LogP contribution is 2.41.